The molecule has 0 saturated carbocycles. The van der Waals surface area contributed by atoms with E-state index in [1.165, 1.54) is 37.9 Å². The van der Waals surface area contributed by atoms with E-state index >= 15 is 0 Å². The summed E-state index contributed by atoms with van der Waals surface area (Å²) in [5, 5.41) is 3.24. The summed E-state index contributed by atoms with van der Waals surface area (Å²) < 4.78 is 0. The van der Waals surface area contributed by atoms with Crippen LogP contribution in [0.15, 0.2) is 24.5 Å². The molecule has 102 valence electrons. The fourth-order valence-corrected chi connectivity index (χ4v) is 2.53. The smallest absolute Gasteiger partial charge is 0.0312 e. The van der Waals surface area contributed by atoms with E-state index in [0.29, 0.717) is 0 Å². The summed E-state index contributed by atoms with van der Waals surface area (Å²) in [4.78, 5) is 6.72. The van der Waals surface area contributed by atoms with E-state index in [4.69, 9.17) is 0 Å². The maximum absolute atomic E-state index is 4.17. The number of piperidine rings is 1. The largest absolute Gasteiger partial charge is 0.320 e. The van der Waals surface area contributed by atoms with Crippen LogP contribution in [0.25, 0.3) is 0 Å². The third kappa shape index (κ3) is 4.92. The highest BCUT2D eigenvalue weighted by molar-refractivity contribution is 5.85. The van der Waals surface area contributed by atoms with Gasteiger partial charge in [0, 0.05) is 18.9 Å². The zero-order valence-electron chi connectivity index (χ0n) is 11.1. The fourth-order valence-electron chi connectivity index (χ4n) is 2.53. The monoisotopic (exact) mass is 269 g/mol. The maximum atomic E-state index is 4.17. The molecule has 4 heteroatoms. The van der Waals surface area contributed by atoms with Crippen molar-refractivity contribution in [1.29, 1.82) is 0 Å². The van der Waals surface area contributed by atoms with Gasteiger partial charge in [-0.05, 0) is 63.5 Å². The van der Waals surface area contributed by atoms with Crippen LogP contribution in [0.3, 0.4) is 0 Å². The Morgan fingerprint density at radius 1 is 1.39 bits per heavy atom. The number of likely N-dealkylation sites (tertiary alicyclic amines) is 1. The van der Waals surface area contributed by atoms with Gasteiger partial charge < -0.3 is 5.32 Å². The summed E-state index contributed by atoms with van der Waals surface area (Å²) in [6.07, 6.45) is 7.85. The molecule has 0 unspecified atom stereocenters. The van der Waals surface area contributed by atoms with Crippen LogP contribution in [-0.2, 0) is 6.54 Å². The molecule has 1 fully saturated rings. The van der Waals surface area contributed by atoms with E-state index in [1.54, 1.807) is 0 Å². The molecule has 1 N–H and O–H groups in total. The number of rotatable bonds is 5. The summed E-state index contributed by atoms with van der Waals surface area (Å²) in [6.45, 7) is 4.70. The van der Waals surface area contributed by atoms with Crippen molar-refractivity contribution in [3.8, 4) is 0 Å². The minimum absolute atomic E-state index is 0. The zero-order valence-corrected chi connectivity index (χ0v) is 12.0. The molecule has 2 heterocycles. The van der Waals surface area contributed by atoms with Crippen molar-refractivity contribution in [2.45, 2.75) is 25.8 Å². The Balaban J connectivity index is 0.00000162. The first-order valence-corrected chi connectivity index (χ1v) is 6.64. The van der Waals surface area contributed by atoms with E-state index in [2.05, 4.69) is 21.3 Å². The molecule has 0 atom stereocenters. The summed E-state index contributed by atoms with van der Waals surface area (Å²) in [5.74, 6) is 0.924. The van der Waals surface area contributed by atoms with E-state index in [0.717, 1.165) is 19.0 Å². The molecule has 0 aliphatic carbocycles. The third-order valence-corrected chi connectivity index (χ3v) is 3.64. The average molecular weight is 270 g/mol. The van der Waals surface area contributed by atoms with Crippen LogP contribution in [0.5, 0.6) is 0 Å². The Hall–Kier alpha value is -0.640. The lowest BCUT2D eigenvalue weighted by molar-refractivity contribution is 0.172. The number of nitrogens with zero attached hydrogens (tertiary/aromatic N) is 2. The fraction of sp³-hybridized carbons (Fsp3) is 0.643. The van der Waals surface area contributed by atoms with Gasteiger partial charge in [0.25, 0.3) is 0 Å². The van der Waals surface area contributed by atoms with Crippen molar-refractivity contribution in [2.24, 2.45) is 5.92 Å². The molecule has 0 aromatic carbocycles. The summed E-state index contributed by atoms with van der Waals surface area (Å²) >= 11 is 0. The highest BCUT2D eigenvalue weighted by atomic mass is 35.5. The normalized spacial score (nSPS) is 17.4. The van der Waals surface area contributed by atoms with Gasteiger partial charge in [0.05, 0.1) is 0 Å². The van der Waals surface area contributed by atoms with Crippen LogP contribution in [0.2, 0.25) is 0 Å². The van der Waals surface area contributed by atoms with Crippen molar-refractivity contribution in [3.05, 3.63) is 30.1 Å². The van der Waals surface area contributed by atoms with E-state index in [9.17, 15) is 0 Å². The molecule has 1 aliphatic heterocycles. The lowest BCUT2D eigenvalue weighted by Crippen LogP contribution is -2.34. The first-order valence-electron chi connectivity index (χ1n) is 6.64. The van der Waals surface area contributed by atoms with Crippen LogP contribution in [0, 0.1) is 5.92 Å². The SMILES string of the molecule is CNCCC1CCN(Cc2cccnc2)CC1.Cl. The number of pyridine rings is 1. The van der Waals surface area contributed by atoms with Crippen molar-refractivity contribution < 1.29 is 0 Å². The predicted molar refractivity (Wildman–Crippen MR) is 78.0 cm³/mol. The standard InChI is InChI=1S/C14H23N3.ClH/c1-15-8-4-13-5-9-17(10-6-13)12-14-3-2-7-16-11-14;/h2-3,7,11,13,15H,4-6,8-10,12H2,1H3;1H. The van der Waals surface area contributed by atoms with Gasteiger partial charge in [-0.1, -0.05) is 6.07 Å². The van der Waals surface area contributed by atoms with Gasteiger partial charge in [0.1, 0.15) is 0 Å². The van der Waals surface area contributed by atoms with E-state index in [-0.39, 0.29) is 12.4 Å². The van der Waals surface area contributed by atoms with Crippen molar-refractivity contribution in [2.75, 3.05) is 26.7 Å². The molecule has 1 aromatic rings. The topological polar surface area (TPSA) is 28.2 Å². The van der Waals surface area contributed by atoms with Gasteiger partial charge >= 0.3 is 0 Å². The number of hydrogen-bond acceptors (Lipinski definition) is 3. The second kappa shape index (κ2) is 8.46. The maximum Gasteiger partial charge on any atom is 0.0312 e. The Morgan fingerprint density at radius 2 is 2.17 bits per heavy atom. The Morgan fingerprint density at radius 3 is 2.78 bits per heavy atom. The van der Waals surface area contributed by atoms with Crippen LogP contribution < -0.4 is 5.32 Å². The van der Waals surface area contributed by atoms with Gasteiger partial charge in [-0.25, -0.2) is 0 Å². The van der Waals surface area contributed by atoms with Crippen LogP contribution in [0.1, 0.15) is 24.8 Å². The van der Waals surface area contributed by atoms with Crippen molar-refractivity contribution in [3.63, 3.8) is 0 Å². The van der Waals surface area contributed by atoms with E-state index in [1.807, 2.05) is 25.5 Å². The van der Waals surface area contributed by atoms with Gasteiger partial charge in [-0.2, -0.15) is 0 Å². The summed E-state index contributed by atoms with van der Waals surface area (Å²) in [6, 6.07) is 4.19. The highest BCUT2D eigenvalue weighted by Crippen LogP contribution is 2.21. The van der Waals surface area contributed by atoms with Crippen LogP contribution in [0.4, 0.5) is 0 Å². The quantitative estimate of drug-likeness (QED) is 0.889. The number of nitrogens with one attached hydrogen (secondary N) is 1. The molecule has 0 spiro atoms. The zero-order chi connectivity index (χ0) is 11.9. The average Bonchev–Trinajstić information content (AvgIpc) is 2.39. The number of aromatic nitrogens is 1. The predicted octanol–water partition coefficient (Wildman–Crippen LogP) is 2.32. The molecule has 0 bridgehead atoms. The van der Waals surface area contributed by atoms with E-state index < -0.39 is 0 Å². The van der Waals surface area contributed by atoms with Crippen molar-refractivity contribution >= 4 is 12.4 Å². The number of hydrogen-bond donors (Lipinski definition) is 1. The van der Waals surface area contributed by atoms with Gasteiger partial charge in [0.2, 0.25) is 0 Å². The second-order valence-electron chi connectivity index (χ2n) is 4.97. The van der Waals surface area contributed by atoms with Crippen molar-refractivity contribution in [1.82, 2.24) is 15.2 Å². The lowest BCUT2D eigenvalue weighted by atomic mass is 9.93. The van der Waals surface area contributed by atoms with Gasteiger partial charge in [-0.3, -0.25) is 9.88 Å². The van der Waals surface area contributed by atoms with Crippen LogP contribution in [-0.4, -0.2) is 36.6 Å². The second-order valence-corrected chi connectivity index (χ2v) is 4.97. The first kappa shape index (κ1) is 15.4. The molecular formula is C14H24ClN3. The summed E-state index contributed by atoms with van der Waals surface area (Å²) in [5.41, 5.74) is 1.33. The Bertz CT molecular complexity index is 310. The Labute approximate surface area is 116 Å². The molecule has 3 nitrogen and oxygen atoms in total. The van der Waals surface area contributed by atoms with Crippen LogP contribution >= 0.6 is 12.4 Å². The third-order valence-electron chi connectivity index (χ3n) is 3.64. The molecule has 1 saturated heterocycles. The molecule has 1 aliphatic rings. The Kier molecular flexibility index (Phi) is 7.25. The van der Waals surface area contributed by atoms with Gasteiger partial charge in [-0.15, -0.1) is 12.4 Å². The molecule has 18 heavy (non-hydrogen) atoms. The highest BCUT2D eigenvalue weighted by Gasteiger charge is 2.18. The minimum atomic E-state index is 0. The molecule has 2 rings (SSSR count). The number of halogens is 1. The van der Waals surface area contributed by atoms with Gasteiger partial charge in [0.15, 0.2) is 0 Å². The molecule has 1 aromatic heterocycles. The molecule has 0 amide bonds. The minimum Gasteiger partial charge on any atom is -0.320 e. The molecule has 0 radical (unpaired) electrons. The lowest BCUT2D eigenvalue weighted by Gasteiger charge is -2.31. The summed E-state index contributed by atoms with van der Waals surface area (Å²) in [7, 11) is 2.04. The molecular weight excluding hydrogens is 246 g/mol. The first-order chi connectivity index (χ1) is 8.38.